The fourth-order valence-corrected chi connectivity index (χ4v) is 4.95. The van der Waals surface area contributed by atoms with Crippen molar-refractivity contribution in [3.05, 3.63) is 100 Å². The number of rotatable bonds is 12. The predicted molar refractivity (Wildman–Crippen MR) is 166 cm³/mol. The van der Waals surface area contributed by atoms with Gasteiger partial charge in [0, 0.05) is 36.1 Å². The summed E-state index contributed by atoms with van der Waals surface area (Å²) in [6, 6.07) is 19.5. The number of hydrogen-bond donors (Lipinski definition) is 3. The van der Waals surface area contributed by atoms with E-state index in [4.69, 9.17) is 18.9 Å². The molecule has 3 aromatic carbocycles. The van der Waals surface area contributed by atoms with Gasteiger partial charge in [-0.2, -0.15) is 5.26 Å². The molecule has 45 heavy (non-hydrogen) atoms. The van der Waals surface area contributed by atoms with Crippen LogP contribution in [0.25, 0.3) is 11.1 Å². The molecule has 0 saturated carbocycles. The lowest BCUT2D eigenvalue weighted by molar-refractivity contribution is -0.145. The Morgan fingerprint density at radius 3 is 2.53 bits per heavy atom. The van der Waals surface area contributed by atoms with Crippen LogP contribution >= 0.6 is 0 Å². The number of hydrogen-bond acceptors (Lipinski definition) is 9. The van der Waals surface area contributed by atoms with Crippen LogP contribution in [0.3, 0.4) is 0 Å². The van der Waals surface area contributed by atoms with Gasteiger partial charge in [0.05, 0.1) is 12.2 Å². The van der Waals surface area contributed by atoms with E-state index in [0.717, 1.165) is 39.3 Å². The summed E-state index contributed by atoms with van der Waals surface area (Å²) < 4.78 is 24.0. The first kappa shape index (κ1) is 31.3. The Morgan fingerprint density at radius 1 is 1.00 bits per heavy atom. The largest absolute Gasteiger partial charge is 0.488 e. The Bertz CT molecular complexity index is 1750. The van der Waals surface area contributed by atoms with Gasteiger partial charge in [-0.05, 0) is 72.9 Å². The molecular weight excluding hydrogens is 574 g/mol. The number of aliphatic hydroxyl groups excluding tert-OH is 1. The Hall–Kier alpha value is -5.11. The van der Waals surface area contributed by atoms with Crippen molar-refractivity contribution in [3.8, 4) is 40.2 Å². The van der Waals surface area contributed by atoms with E-state index in [1.54, 1.807) is 18.3 Å². The first-order valence-corrected chi connectivity index (χ1v) is 14.5. The van der Waals surface area contributed by atoms with E-state index in [0.29, 0.717) is 48.0 Å². The Morgan fingerprint density at radius 2 is 1.78 bits per heavy atom. The lowest BCUT2D eigenvalue weighted by Crippen LogP contribution is -2.52. The fourth-order valence-electron chi connectivity index (χ4n) is 4.95. The highest BCUT2D eigenvalue weighted by molar-refractivity contribution is 5.78. The summed E-state index contributed by atoms with van der Waals surface area (Å²) in [5, 5.41) is 31.5. The maximum absolute atomic E-state index is 11.8. The Kier molecular flexibility index (Phi) is 9.52. The molecule has 232 valence electrons. The highest BCUT2D eigenvalue weighted by Crippen LogP contribution is 2.37. The summed E-state index contributed by atoms with van der Waals surface area (Å²) >= 11 is 0. The number of carboxylic acids is 1. The number of nitrogens with one attached hydrogen (secondary N) is 1. The van der Waals surface area contributed by atoms with Crippen molar-refractivity contribution in [2.75, 3.05) is 19.8 Å². The predicted octanol–water partition coefficient (Wildman–Crippen LogP) is 5.09. The summed E-state index contributed by atoms with van der Waals surface area (Å²) in [6.45, 7) is 6.41. The minimum atomic E-state index is -1.54. The average molecular weight is 610 g/mol. The topological polar surface area (TPSA) is 143 Å². The van der Waals surface area contributed by atoms with Crippen LogP contribution in [-0.2, 0) is 24.6 Å². The van der Waals surface area contributed by atoms with Gasteiger partial charge >= 0.3 is 5.97 Å². The molecule has 0 radical (unpaired) electrons. The van der Waals surface area contributed by atoms with Gasteiger partial charge in [-0.3, -0.25) is 15.1 Å². The molecule has 0 aliphatic carbocycles. The molecule has 1 atom stereocenters. The van der Waals surface area contributed by atoms with Crippen molar-refractivity contribution in [1.29, 1.82) is 5.26 Å². The van der Waals surface area contributed by atoms with E-state index in [9.17, 15) is 20.3 Å². The molecule has 2 heterocycles. The van der Waals surface area contributed by atoms with Gasteiger partial charge in [0.2, 0.25) is 0 Å². The summed E-state index contributed by atoms with van der Waals surface area (Å²) in [5.74, 6) is 1.38. The lowest BCUT2D eigenvalue weighted by atomic mass is 9.96. The number of aromatic nitrogens is 1. The highest BCUT2D eigenvalue weighted by atomic mass is 16.6. The molecule has 0 fully saturated rings. The van der Waals surface area contributed by atoms with Gasteiger partial charge < -0.3 is 29.2 Å². The molecule has 1 aromatic heterocycles. The van der Waals surface area contributed by atoms with Crippen molar-refractivity contribution >= 4 is 5.97 Å². The number of nitriles is 1. The van der Waals surface area contributed by atoms with Gasteiger partial charge in [0.25, 0.3) is 0 Å². The number of carbonyl (C=O) groups is 1. The fraction of sp³-hybridized carbons (Fsp3) is 0.286. The minimum Gasteiger partial charge on any atom is -0.488 e. The van der Waals surface area contributed by atoms with Gasteiger partial charge in [0.15, 0.2) is 11.5 Å². The molecule has 0 spiro atoms. The van der Waals surface area contributed by atoms with Gasteiger partial charge in [0.1, 0.15) is 49.5 Å². The van der Waals surface area contributed by atoms with Gasteiger partial charge in [-0.1, -0.05) is 24.3 Å². The molecule has 1 unspecified atom stereocenters. The average Bonchev–Trinajstić information content (AvgIpc) is 3.06. The maximum Gasteiger partial charge on any atom is 0.326 e. The van der Waals surface area contributed by atoms with Gasteiger partial charge in [-0.15, -0.1) is 0 Å². The number of nitrogens with zero attached hydrogens (tertiary/aromatic N) is 2. The van der Waals surface area contributed by atoms with Crippen molar-refractivity contribution in [1.82, 2.24) is 10.3 Å². The van der Waals surface area contributed by atoms with Crippen molar-refractivity contribution in [3.63, 3.8) is 0 Å². The molecule has 0 saturated heterocycles. The molecule has 1 aliphatic rings. The Balaban J connectivity index is 1.39. The first-order valence-electron chi connectivity index (χ1n) is 14.5. The van der Waals surface area contributed by atoms with Crippen LogP contribution in [0.5, 0.6) is 23.0 Å². The van der Waals surface area contributed by atoms with Gasteiger partial charge in [-0.25, -0.2) is 0 Å². The number of pyridine rings is 1. The maximum atomic E-state index is 11.8. The number of carboxylic acid groups (broad SMARTS) is 1. The second kappa shape index (κ2) is 13.7. The lowest BCUT2D eigenvalue weighted by Gasteiger charge is -2.25. The summed E-state index contributed by atoms with van der Waals surface area (Å²) in [4.78, 5) is 15.9. The smallest absolute Gasteiger partial charge is 0.326 e. The number of fused-ring (bicyclic) bond motifs is 1. The Labute approximate surface area is 261 Å². The quantitative estimate of drug-likeness (QED) is 0.199. The van der Waals surface area contributed by atoms with Crippen molar-refractivity contribution in [2.45, 2.75) is 46.1 Å². The third-order valence-electron chi connectivity index (χ3n) is 7.82. The van der Waals surface area contributed by atoms with Crippen LogP contribution in [0, 0.1) is 25.2 Å². The number of ether oxygens (including phenoxy) is 4. The summed E-state index contributed by atoms with van der Waals surface area (Å²) in [7, 11) is 0. The van der Waals surface area contributed by atoms with E-state index in [1.807, 2.05) is 43.3 Å². The zero-order valence-electron chi connectivity index (χ0n) is 25.4. The number of aliphatic hydroxyl groups is 1. The first-order chi connectivity index (χ1) is 21.7. The monoisotopic (exact) mass is 609 g/mol. The van der Waals surface area contributed by atoms with E-state index in [-0.39, 0.29) is 13.2 Å². The molecule has 10 nitrogen and oxygen atoms in total. The highest BCUT2D eigenvalue weighted by Gasteiger charge is 2.32. The summed E-state index contributed by atoms with van der Waals surface area (Å²) in [5.41, 5.74) is 5.26. The standard InChI is InChI=1S/C35H35N3O7/c1-22-11-28(18-38-35(3,21-39)34(40)41)32(44-19-25-12-24(15-36)16-37-17-25)14-31(22)45-20-27-5-4-6-29(23(27)2)26-7-8-30-33(13-26)43-10-9-42-30/h4-8,11-14,16-17,38-39H,9-10,18-21H2,1-3H3,(H,40,41). The van der Waals surface area contributed by atoms with Crippen LogP contribution in [0.15, 0.2) is 67.0 Å². The second-order valence-corrected chi connectivity index (χ2v) is 11.1. The minimum absolute atomic E-state index is 0.118. The third-order valence-corrected chi connectivity index (χ3v) is 7.82. The molecule has 3 N–H and O–H groups in total. The molecule has 0 bridgehead atoms. The van der Waals surface area contributed by atoms with Crippen LogP contribution in [0.1, 0.15) is 40.3 Å². The van der Waals surface area contributed by atoms with E-state index in [2.05, 4.69) is 29.4 Å². The SMILES string of the molecule is Cc1cc(CNC(C)(CO)C(=O)O)c(OCc2cncc(C#N)c2)cc1OCc1cccc(-c2ccc3c(c2)OCCO3)c1C. The number of aryl methyl sites for hydroxylation is 1. The third kappa shape index (κ3) is 7.17. The number of aliphatic carboxylic acids is 1. The molecular formula is C35H35N3O7. The summed E-state index contributed by atoms with van der Waals surface area (Å²) in [6.07, 6.45) is 3.10. The van der Waals surface area contributed by atoms with E-state index in [1.165, 1.54) is 13.1 Å². The zero-order chi connectivity index (χ0) is 32.0. The van der Waals surface area contributed by atoms with Crippen molar-refractivity contribution < 1.29 is 34.0 Å². The second-order valence-electron chi connectivity index (χ2n) is 11.1. The van der Waals surface area contributed by atoms with E-state index >= 15 is 0 Å². The molecule has 10 heteroatoms. The molecule has 0 amide bonds. The zero-order valence-corrected chi connectivity index (χ0v) is 25.4. The molecule has 4 aromatic rings. The van der Waals surface area contributed by atoms with Crippen LogP contribution in [0.2, 0.25) is 0 Å². The molecule has 5 rings (SSSR count). The van der Waals surface area contributed by atoms with Crippen LogP contribution < -0.4 is 24.3 Å². The number of benzene rings is 3. The van der Waals surface area contributed by atoms with Crippen LogP contribution in [0.4, 0.5) is 0 Å². The molecule has 1 aliphatic heterocycles. The van der Waals surface area contributed by atoms with Crippen molar-refractivity contribution in [2.24, 2.45) is 0 Å². The van der Waals surface area contributed by atoms with Crippen LogP contribution in [-0.4, -0.2) is 46.5 Å². The normalized spacial score (nSPS) is 13.4. The van der Waals surface area contributed by atoms with E-state index < -0.39 is 18.1 Å².